The minimum atomic E-state index is -1.03. The molecule has 0 aromatic carbocycles. The summed E-state index contributed by atoms with van der Waals surface area (Å²) in [5.74, 6) is 0.471. The van der Waals surface area contributed by atoms with Crippen LogP contribution in [0.1, 0.15) is 52.9 Å². The zero-order valence-corrected chi connectivity index (χ0v) is 14.6. The number of fused-ring (bicyclic) bond motifs is 3. The second-order valence-corrected chi connectivity index (χ2v) is 8.83. The van der Waals surface area contributed by atoms with Crippen LogP contribution >= 0.6 is 0 Å². The smallest absolute Gasteiger partial charge is 0.162 e. The number of hydrogen-bond donors (Lipinski definition) is 2. The molecule has 3 heteroatoms. The SMILES string of the molecule is C=C[C@]1(C)C=C2CC[C@H]3[C@](C)(CO)[C@@H](O)C(=O)C[C@]3(C)[C@H]2CC1. The Kier molecular flexibility index (Phi) is 3.89. The summed E-state index contributed by atoms with van der Waals surface area (Å²) >= 11 is 0. The van der Waals surface area contributed by atoms with Crippen LogP contribution in [0, 0.1) is 28.1 Å². The van der Waals surface area contributed by atoms with Crippen molar-refractivity contribution in [1.29, 1.82) is 0 Å². The van der Waals surface area contributed by atoms with E-state index in [0.29, 0.717) is 12.3 Å². The van der Waals surface area contributed by atoms with Gasteiger partial charge in [-0.05, 0) is 42.9 Å². The van der Waals surface area contributed by atoms with Crippen molar-refractivity contribution >= 4 is 5.78 Å². The molecule has 0 saturated heterocycles. The summed E-state index contributed by atoms with van der Waals surface area (Å²) in [6.45, 7) is 10.2. The van der Waals surface area contributed by atoms with Gasteiger partial charge in [0.05, 0.1) is 6.61 Å². The van der Waals surface area contributed by atoms with E-state index in [4.69, 9.17) is 0 Å². The van der Waals surface area contributed by atoms with Gasteiger partial charge in [0.1, 0.15) is 6.10 Å². The predicted molar refractivity (Wildman–Crippen MR) is 90.8 cm³/mol. The summed E-state index contributed by atoms with van der Waals surface area (Å²) in [7, 11) is 0. The minimum Gasteiger partial charge on any atom is -0.396 e. The molecular formula is C20H30O3. The Balaban J connectivity index is 2.03. The molecule has 23 heavy (non-hydrogen) atoms. The number of rotatable bonds is 2. The molecule has 0 aromatic heterocycles. The van der Waals surface area contributed by atoms with E-state index >= 15 is 0 Å². The summed E-state index contributed by atoms with van der Waals surface area (Å²) < 4.78 is 0. The number of carbonyl (C=O) groups excluding carboxylic acids is 1. The van der Waals surface area contributed by atoms with E-state index < -0.39 is 11.5 Å². The van der Waals surface area contributed by atoms with Crippen molar-refractivity contribution in [3.8, 4) is 0 Å². The maximum atomic E-state index is 12.5. The van der Waals surface area contributed by atoms with Crippen LogP contribution in [-0.2, 0) is 4.79 Å². The topological polar surface area (TPSA) is 57.5 Å². The number of ketones is 1. The lowest BCUT2D eigenvalue weighted by Crippen LogP contribution is -2.61. The van der Waals surface area contributed by atoms with Crippen molar-refractivity contribution in [1.82, 2.24) is 0 Å². The standard InChI is InChI=1S/C20H30O3/c1-5-18(2)9-8-14-13(10-18)6-7-16-19(14,3)11-15(22)17(23)20(16,4)12-21/h5,10,14,16-17,21,23H,1,6-9,11-12H2,2-4H3/t14-,16+,17-,18-,19+,20-/m0/s1. The van der Waals surface area contributed by atoms with Gasteiger partial charge in [-0.15, -0.1) is 6.58 Å². The van der Waals surface area contributed by atoms with Crippen molar-refractivity contribution in [3.05, 3.63) is 24.3 Å². The zero-order valence-electron chi connectivity index (χ0n) is 14.6. The summed E-state index contributed by atoms with van der Waals surface area (Å²) in [4.78, 5) is 12.5. The van der Waals surface area contributed by atoms with E-state index in [1.807, 2.05) is 13.0 Å². The Morgan fingerprint density at radius 2 is 2.04 bits per heavy atom. The third kappa shape index (κ3) is 2.27. The monoisotopic (exact) mass is 318 g/mol. The van der Waals surface area contributed by atoms with Crippen LogP contribution in [0.3, 0.4) is 0 Å². The normalized spacial score (nSPS) is 49.9. The van der Waals surface area contributed by atoms with Crippen molar-refractivity contribution in [2.75, 3.05) is 6.61 Å². The highest BCUT2D eigenvalue weighted by molar-refractivity contribution is 5.85. The number of Topliss-reactive ketones (excluding diaryl/α,β-unsaturated/α-hetero) is 1. The third-order valence-electron chi connectivity index (χ3n) is 7.34. The van der Waals surface area contributed by atoms with Crippen molar-refractivity contribution in [2.24, 2.45) is 28.1 Å². The lowest BCUT2D eigenvalue weighted by atomic mass is 9.44. The summed E-state index contributed by atoms with van der Waals surface area (Å²) in [5, 5.41) is 20.4. The van der Waals surface area contributed by atoms with Crippen LogP contribution in [0.2, 0.25) is 0 Å². The zero-order chi connectivity index (χ0) is 17.0. The summed E-state index contributed by atoms with van der Waals surface area (Å²) in [5.41, 5.74) is 0.657. The first-order valence-corrected chi connectivity index (χ1v) is 8.87. The molecule has 6 atom stereocenters. The Morgan fingerprint density at radius 1 is 1.35 bits per heavy atom. The first-order valence-electron chi connectivity index (χ1n) is 8.87. The molecule has 2 saturated carbocycles. The molecule has 0 heterocycles. The van der Waals surface area contributed by atoms with Gasteiger partial charge in [0.15, 0.2) is 5.78 Å². The quantitative estimate of drug-likeness (QED) is 0.768. The average molecular weight is 318 g/mol. The number of carbonyl (C=O) groups is 1. The van der Waals surface area contributed by atoms with E-state index in [0.717, 1.165) is 25.7 Å². The molecule has 0 aliphatic heterocycles. The van der Waals surface area contributed by atoms with Crippen molar-refractivity contribution in [3.63, 3.8) is 0 Å². The molecule has 0 unspecified atom stereocenters. The largest absolute Gasteiger partial charge is 0.396 e. The Hall–Kier alpha value is -0.930. The van der Waals surface area contributed by atoms with Crippen LogP contribution in [0.4, 0.5) is 0 Å². The first kappa shape index (κ1) is 16.9. The fourth-order valence-corrected chi connectivity index (χ4v) is 5.84. The molecule has 0 bridgehead atoms. The highest BCUT2D eigenvalue weighted by Gasteiger charge is 2.61. The van der Waals surface area contributed by atoms with E-state index in [9.17, 15) is 15.0 Å². The second kappa shape index (κ2) is 5.29. The van der Waals surface area contributed by atoms with Gasteiger partial charge >= 0.3 is 0 Å². The Labute approximate surface area is 139 Å². The molecule has 3 nitrogen and oxygen atoms in total. The molecule has 2 N–H and O–H groups in total. The van der Waals surface area contributed by atoms with Gasteiger partial charge in [0.25, 0.3) is 0 Å². The molecule has 0 radical (unpaired) electrons. The van der Waals surface area contributed by atoms with Crippen LogP contribution in [0.5, 0.6) is 0 Å². The molecule has 3 rings (SSSR count). The van der Waals surface area contributed by atoms with Gasteiger partial charge in [-0.3, -0.25) is 4.79 Å². The third-order valence-corrected chi connectivity index (χ3v) is 7.34. The Bertz CT molecular complexity index is 565. The van der Waals surface area contributed by atoms with E-state index in [1.165, 1.54) is 5.57 Å². The van der Waals surface area contributed by atoms with Gasteiger partial charge in [-0.2, -0.15) is 0 Å². The van der Waals surface area contributed by atoms with Gasteiger partial charge in [-0.1, -0.05) is 38.5 Å². The summed E-state index contributed by atoms with van der Waals surface area (Å²) in [6.07, 6.45) is 7.88. The van der Waals surface area contributed by atoms with Crippen LogP contribution < -0.4 is 0 Å². The molecule has 128 valence electrons. The number of aliphatic hydroxyl groups excluding tert-OH is 2. The predicted octanol–water partition coefficient (Wildman–Crippen LogP) is 3.26. The average Bonchev–Trinajstić information content (AvgIpc) is 2.52. The van der Waals surface area contributed by atoms with Crippen LogP contribution in [0.25, 0.3) is 0 Å². The van der Waals surface area contributed by atoms with Crippen LogP contribution in [-0.4, -0.2) is 28.7 Å². The summed E-state index contributed by atoms with van der Waals surface area (Å²) in [6, 6.07) is 0. The number of hydrogen-bond acceptors (Lipinski definition) is 3. The molecule has 0 amide bonds. The second-order valence-electron chi connectivity index (χ2n) is 8.83. The van der Waals surface area contributed by atoms with Gasteiger partial charge in [0, 0.05) is 17.3 Å². The van der Waals surface area contributed by atoms with Gasteiger partial charge in [0.2, 0.25) is 0 Å². The van der Waals surface area contributed by atoms with E-state index in [1.54, 1.807) is 0 Å². The van der Waals surface area contributed by atoms with Crippen molar-refractivity contribution in [2.45, 2.75) is 59.0 Å². The van der Waals surface area contributed by atoms with E-state index in [2.05, 4.69) is 26.5 Å². The maximum Gasteiger partial charge on any atom is 0.162 e. The minimum absolute atomic E-state index is 0.0630. The van der Waals surface area contributed by atoms with Crippen LogP contribution in [0.15, 0.2) is 24.3 Å². The van der Waals surface area contributed by atoms with E-state index in [-0.39, 0.29) is 29.1 Å². The highest BCUT2D eigenvalue weighted by atomic mass is 16.3. The van der Waals surface area contributed by atoms with Crippen molar-refractivity contribution < 1.29 is 15.0 Å². The molecule has 3 aliphatic rings. The number of allylic oxidation sites excluding steroid dienone is 3. The molecule has 2 fully saturated rings. The molecule has 0 spiro atoms. The van der Waals surface area contributed by atoms with Gasteiger partial charge in [-0.25, -0.2) is 0 Å². The molecule has 0 aromatic rings. The molecular weight excluding hydrogens is 288 g/mol. The lowest BCUT2D eigenvalue weighted by molar-refractivity contribution is -0.173. The maximum absolute atomic E-state index is 12.5. The highest BCUT2D eigenvalue weighted by Crippen LogP contribution is 2.63. The van der Waals surface area contributed by atoms with Gasteiger partial charge < -0.3 is 10.2 Å². The fraction of sp³-hybridized carbons (Fsp3) is 0.750. The first-order chi connectivity index (χ1) is 10.7. The fourth-order valence-electron chi connectivity index (χ4n) is 5.84. The lowest BCUT2D eigenvalue weighted by Gasteiger charge is -2.60. The Morgan fingerprint density at radius 3 is 2.65 bits per heavy atom. The molecule has 3 aliphatic carbocycles. The number of aliphatic hydroxyl groups is 2.